The molecule has 124 valence electrons. The minimum absolute atomic E-state index is 0.204. The van der Waals surface area contributed by atoms with E-state index >= 15 is 0 Å². The molecule has 1 spiro atoms. The molecule has 3 aliphatic heterocycles. The van der Waals surface area contributed by atoms with Gasteiger partial charge in [-0.1, -0.05) is 19.3 Å². The van der Waals surface area contributed by atoms with Crippen molar-refractivity contribution in [2.24, 2.45) is 0 Å². The highest BCUT2D eigenvalue weighted by Gasteiger charge is 2.55. The lowest BCUT2D eigenvalue weighted by Crippen LogP contribution is -2.81. The zero-order valence-corrected chi connectivity index (χ0v) is 13.8. The number of ether oxygens (including phenoxy) is 1. The average Bonchev–Trinajstić information content (AvgIpc) is 2.52. The summed E-state index contributed by atoms with van der Waals surface area (Å²) < 4.78 is 5.68. The highest BCUT2D eigenvalue weighted by molar-refractivity contribution is 5.73. The third kappa shape index (κ3) is 2.47. The number of likely N-dealkylation sites (tertiary alicyclic amines) is 1. The van der Waals surface area contributed by atoms with Gasteiger partial charge in [0.25, 0.3) is 0 Å². The Hall–Kier alpha value is -0.650. The summed E-state index contributed by atoms with van der Waals surface area (Å²) in [6, 6.07) is 1.20. The highest BCUT2D eigenvalue weighted by atomic mass is 16.5. The zero-order chi connectivity index (χ0) is 15.2. The fourth-order valence-electron chi connectivity index (χ4n) is 5.13. The van der Waals surface area contributed by atoms with Crippen molar-refractivity contribution in [3.05, 3.63) is 0 Å². The summed E-state index contributed by atoms with van der Waals surface area (Å²) in [5.41, 5.74) is 0.204. The molecule has 1 aliphatic carbocycles. The molecule has 0 unspecified atom stereocenters. The van der Waals surface area contributed by atoms with Crippen molar-refractivity contribution in [1.82, 2.24) is 14.7 Å². The Labute approximate surface area is 133 Å². The summed E-state index contributed by atoms with van der Waals surface area (Å²) >= 11 is 0. The molecule has 1 saturated carbocycles. The molecule has 5 heteroatoms. The van der Waals surface area contributed by atoms with Gasteiger partial charge in [-0.05, 0) is 12.8 Å². The summed E-state index contributed by atoms with van der Waals surface area (Å²) in [6.07, 6.45) is 6.96. The number of fused-ring (bicyclic) bond motifs is 2. The predicted octanol–water partition coefficient (Wildman–Crippen LogP) is 0.936. The van der Waals surface area contributed by atoms with Gasteiger partial charge in [0.1, 0.15) is 0 Å². The monoisotopic (exact) mass is 307 g/mol. The van der Waals surface area contributed by atoms with Crippen molar-refractivity contribution in [3.8, 4) is 0 Å². The molecule has 5 nitrogen and oxygen atoms in total. The van der Waals surface area contributed by atoms with Crippen LogP contribution in [0.1, 0.15) is 39.0 Å². The van der Waals surface area contributed by atoms with Gasteiger partial charge in [0.05, 0.1) is 24.8 Å². The second-order valence-corrected chi connectivity index (χ2v) is 7.74. The first-order valence-electron chi connectivity index (χ1n) is 9.02. The molecule has 0 radical (unpaired) electrons. The first-order chi connectivity index (χ1) is 10.7. The van der Waals surface area contributed by atoms with Crippen LogP contribution in [0.15, 0.2) is 0 Å². The molecule has 0 aromatic carbocycles. The normalized spacial score (nSPS) is 33.5. The van der Waals surface area contributed by atoms with Gasteiger partial charge in [-0.25, -0.2) is 0 Å². The highest BCUT2D eigenvalue weighted by Crippen LogP contribution is 2.39. The summed E-state index contributed by atoms with van der Waals surface area (Å²) in [7, 11) is 0. The van der Waals surface area contributed by atoms with E-state index in [0.717, 1.165) is 52.0 Å². The van der Waals surface area contributed by atoms with E-state index in [-0.39, 0.29) is 11.4 Å². The van der Waals surface area contributed by atoms with Crippen molar-refractivity contribution in [2.45, 2.75) is 56.7 Å². The number of carbonyl (C=O) groups is 1. The van der Waals surface area contributed by atoms with Gasteiger partial charge in [-0.2, -0.15) is 0 Å². The van der Waals surface area contributed by atoms with Crippen molar-refractivity contribution in [3.63, 3.8) is 0 Å². The predicted molar refractivity (Wildman–Crippen MR) is 84.7 cm³/mol. The van der Waals surface area contributed by atoms with Crippen LogP contribution in [0, 0.1) is 0 Å². The van der Waals surface area contributed by atoms with Crippen LogP contribution in [0.3, 0.4) is 0 Å². The van der Waals surface area contributed by atoms with Crippen molar-refractivity contribution < 1.29 is 9.53 Å². The second kappa shape index (κ2) is 5.77. The fraction of sp³-hybridized carbons (Fsp3) is 0.941. The number of morpholine rings is 1. The topological polar surface area (TPSA) is 36.0 Å². The number of rotatable bonds is 1. The van der Waals surface area contributed by atoms with Crippen LogP contribution in [-0.4, -0.2) is 84.2 Å². The molecule has 1 atom stereocenters. The molecular weight excluding hydrogens is 278 g/mol. The van der Waals surface area contributed by atoms with E-state index in [0.29, 0.717) is 6.04 Å². The zero-order valence-electron chi connectivity index (χ0n) is 13.8. The number of piperazine rings is 1. The lowest BCUT2D eigenvalue weighted by molar-refractivity contribution is -0.180. The molecular formula is C17H29N3O2. The quantitative estimate of drug-likeness (QED) is 0.722. The van der Waals surface area contributed by atoms with Gasteiger partial charge in [0, 0.05) is 45.7 Å². The van der Waals surface area contributed by atoms with Crippen LogP contribution >= 0.6 is 0 Å². The molecule has 0 N–H and O–H groups in total. The largest absolute Gasteiger partial charge is 0.378 e. The van der Waals surface area contributed by atoms with Crippen LogP contribution in [0.5, 0.6) is 0 Å². The first-order valence-corrected chi connectivity index (χ1v) is 9.02. The minimum Gasteiger partial charge on any atom is -0.378 e. The number of hydrogen-bond acceptors (Lipinski definition) is 4. The third-order valence-electron chi connectivity index (χ3n) is 6.28. The SMILES string of the molecule is CC(=O)N1C[C@@H]2COCCN2C2(C1)CN(C1CCCCC1)C2. The molecule has 4 fully saturated rings. The van der Waals surface area contributed by atoms with E-state index in [2.05, 4.69) is 14.7 Å². The Morgan fingerprint density at radius 2 is 1.86 bits per heavy atom. The maximum atomic E-state index is 11.9. The lowest BCUT2D eigenvalue weighted by atomic mass is 9.79. The molecule has 4 rings (SSSR count). The van der Waals surface area contributed by atoms with Crippen molar-refractivity contribution in [2.75, 3.05) is 45.9 Å². The first kappa shape index (κ1) is 14.9. The molecule has 4 aliphatic rings. The number of hydrogen-bond donors (Lipinski definition) is 0. The van der Waals surface area contributed by atoms with Gasteiger partial charge < -0.3 is 9.64 Å². The van der Waals surface area contributed by atoms with Crippen LogP contribution in [-0.2, 0) is 9.53 Å². The Morgan fingerprint density at radius 1 is 1.09 bits per heavy atom. The van der Waals surface area contributed by atoms with E-state index < -0.39 is 0 Å². The van der Waals surface area contributed by atoms with Gasteiger partial charge in [-0.3, -0.25) is 14.6 Å². The van der Waals surface area contributed by atoms with E-state index in [1.165, 1.54) is 32.1 Å². The van der Waals surface area contributed by atoms with Gasteiger partial charge in [0.2, 0.25) is 5.91 Å². The van der Waals surface area contributed by atoms with E-state index in [9.17, 15) is 4.79 Å². The Bertz CT molecular complexity index is 430. The van der Waals surface area contributed by atoms with Gasteiger partial charge in [-0.15, -0.1) is 0 Å². The number of carbonyl (C=O) groups excluding carboxylic acids is 1. The van der Waals surface area contributed by atoms with Crippen LogP contribution < -0.4 is 0 Å². The van der Waals surface area contributed by atoms with Gasteiger partial charge >= 0.3 is 0 Å². The fourth-order valence-corrected chi connectivity index (χ4v) is 5.13. The summed E-state index contributed by atoms with van der Waals surface area (Å²) in [4.78, 5) is 19.4. The minimum atomic E-state index is 0.204. The third-order valence-corrected chi connectivity index (χ3v) is 6.28. The molecule has 22 heavy (non-hydrogen) atoms. The second-order valence-electron chi connectivity index (χ2n) is 7.74. The van der Waals surface area contributed by atoms with Crippen LogP contribution in [0.25, 0.3) is 0 Å². The molecule has 1 amide bonds. The number of nitrogens with zero attached hydrogens (tertiary/aromatic N) is 3. The summed E-state index contributed by atoms with van der Waals surface area (Å²) in [6.45, 7) is 8.45. The van der Waals surface area contributed by atoms with Crippen molar-refractivity contribution in [1.29, 1.82) is 0 Å². The lowest BCUT2D eigenvalue weighted by Gasteiger charge is -2.64. The average molecular weight is 307 g/mol. The molecule has 0 bridgehead atoms. The molecule has 0 aromatic rings. The Morgan fingerprint density at radius 3 is 2.59 bits per heavy atom. The Kier molecular flexibility index (Phi) is 3.91. The maximum Gasteiger partial charge on any atom is 0.219 e. The van der Waals surface area contributed by atoms with Gasteiger partial charge in [0.15, 0.2) is 0 Å². The van der Waals surface area contributed by atoms with E-state index in [1.807, 2.05) is 0 Å². The standard InChI is InChI=1S/C17H29N3O2/c1-14(21)18-9-16-10-22-8-7-20(16)17(11-18)12-19(13-17)15-5-3-2-4-6-15/h15-16H,2-13H2,1H3/t16-/m1/s1. The van der Waals surface area contributed by atoms with E-state index in [4.69, 9.17) is 4.74 Å². The van der Waals surface area contributed by atoms with E-state index in [1.54, 1.807) is 6.92 Å². The molecule has 3 saturated heterocycles. The van der Waals surface area contributed by atoms with Crippen LogP contribution in [0.2, 0.25) is 0 Å². The maximum absolute atomic E-state index is 11.9. The smallest absolute Gasteiger partial charge is 0.219 e. The Balaban J connectivity index is 1.47. The molecule has 3 heterocycles. The molecule has 0 aromatic heterocycles. The number of amides is 1. The summed E-state index contributed by atoms with van der Waals surface area (Å²) in [5.74, 6) is 0.223. The summed E-state index contributed by atoms with van der Waals surface area (Å²) in [5, 5.41) is 0. The van der Waals surface area contributed by atoms with Crippen LogP contribution in [0.4, 0.5) is 0 Å². The van der Waals surface area contributed by atoms with Crippen molar-refractivity contribution >= 4 is 5.91 Å².